The van der Waals surface area contributed by atoms with Gasteiger partial charge in [-0.15, -0.1) is 0 Å². The minimum absolute atomic E-state index is 0.0601. The normalized spacial score (nSPS) is 19.2. The van der Waals surface area contributed by atoms with Gasteiger partial charge in [-0.1, -0.05) is 11.6 Å². The first kappa shape index (κ1) is 21.1. The molecule has 0 spiro atoms. The zero-order valence-corrected chi connectivity index (χ0v) is 17.5. The quantitative estimate of drug-likeness (QED) is 0.768. The summed E-state index contributed by atoms with van der Waals surface area (Å²) in [5, 5.41) is 4.87. The average Bonchev–Trinajstić information content (AvgIpc) is 3.00. The lowest BCUT2D eigenvalue weighted by atomic mass is 9.97. The zero-order valence-electron chi connectivity index (χ0n) is 16.8. The number of nitrogens with zero attached hydrogens (tertiary/aromatic N) is 3. The zero-order chi connectivity index (χ0) is 21.2. The van der Waals surface area contributed by atoms with Crippen molar-refractivity contribution < 1.29 is 19.1 Å². The number of benzene rings is 1. The molecule has 156 valence electrons. The van der Waals surface area contributed by atoms with Gasteiger partial charge in [0.15, 0.2) is 0 Å². The maximum Gasteiger partial charge on any atom is 0.257 e. The van der Waals surface area contributed by atoms with E-state index in [0.717, 1.165) is 5.56 Å². The molecule has 1 saturated heterocycles. The van der Waals surface area contributed by atoms with E-state index in [2.05, 4.69) is 5.10 Å². The number of halogens is 1. The number of hydrogen-bond acceptors (Lipinski definition) is 5. The second-order valence-corrected chi connectivity index (χ2v) is 7.81. The van der Waals surface area contributed by atoms with Gasteiger partial charge in [-0.05, 0) is 37.6 Å². The van der Waals surface area contributed by atoms with Gasteiger partial charge in [-0.3, -0.25) is 14.3 Å². The van der Waals surface area contributed by atoms with Crippen LogP contribution in [0.3, 0.4) is 0 Å². The summed E-state index contributed by atoms with van der Waals surface area (Å²) in [6.45, 7) is 4.62. The van der Waals surface area contributed by atoms with Crippen molar-refractivity contribution in [3.05, 3.63) is 46.2 Å². The van der Waals surface area contributed by atoms with Crippen LogP contribution in [-0.2, 0) is 16.6 Å². The lowest BCUT2D eigenvalue weighted by molar-refractivity contribution is -0.142. The topological polar surface area (TPSA) is 99.7 Å². The number of rotatable bonds is 6. The molecule has 29 heavy (non-hydrogen) atoms. The van der Waals surface area contributed by atoms with Gasteiger partial charge in [0.1, 0.15) is 18.0 Å². The average molecular weight is 421 g/mol. The Balaban J connectivity index is 1.79. The number of carbonyl (C=O) groups is 2. The fourth-order valence-corrected chi connectivity index (χ4v) is 3.60. The Morgan fingerprint density at radius 3 is 2.76 bits per heavy atom. The van der Waals surface area contributed by atoms with E-state index in [9.17, 15) is 9.59 Å². The van der Waals surface area contributed by atoms with Gasteiger partial charge in [0.05, 0.1) is 30.8 Å². The molecule has 2 aromatic rings. The van der Waals surface area contributed by atoms with Gasteiger partial charge >= 0.3 is 0 Å². The predicted molar refractivity (Wildman–Crippen MR) is 108 cm³/mol. The number of amides is 2. The first-order valence-corrected chi connectivity index (χ1v) is 9.68. The maximum atomic E-state index is 13.0. The van der Waals surface area contributed by atoms with Gasteiger partial charge < -0.3 is 20.1 Å². The smallest absolute Gasteiger partial charge is 0.257 e. The number of aryl methyl sites for hydroxylation is 3. The van der Waals surface area contributed by atoms with Gasteiger partial charge in [-0.25, -0.2) is 0 Å². The molecule has 1 atom stereocenters. The van der Waals surface area contributed by atoms with Crippen LogP contribution in [0.15, 0.2) is 24.4 Å². The number of aromatic nitrogens is 2. The summed E-state index contributed by atoms with van der Waals surface area (Å²) >= 11 is 6.06. The van der Waals surface area contributed by atoms with E-state index in [4.69, 9.17) is 26.8 Å². The van der Waals surface area contributed by atoms with Crippen molar-refractivity contribution >= 4 is 23.4 Å². The van der Waals surface area contributed by atoms with Crippen LogP contribution in [0.5, 0.6) is 5.75 Å². The minimum Gasteiger partial charge on any atom is -0.490 e. The summed E-state index contributed by atoms with van der Waals surface area (Å²) in [4.78, 5) is 26.4. The van der Waals surface area contributed by atoms with Crippen LogP contribution in [0.2, 0.25) is 5.02 Å². The minimum atomic E-state index is -1.02. The second kappa shape index (κ2) is 8.42. The number of ether oxygens (including phenoxy) is 2. The molecule has 1 aromatic heterocycles. The lowest BCUT2D eigenvalue weighted by Crippen LogP contribution is -2.58. The molecular formula is C20H25ClN4O4. The molecular weight excluding hydrogens is 396 g/mol. The largest absolute Gasteiger partial charge is 0.490 e. The summed E-state index contributed by atoms with van der Waals surface area (Å²) in [6.07, 6.45) is 1.63. The molecule has 0 aliphatic carbocycles. The highest BCUT2D eigenvalue weighted by Gasteiger charge is 2.41. The van der Waals surface area contributed by atoms with Crippen molar-refractivity contribution in [2.24, 2.45) is 12.8 Å². The van der Waals surface area contributed by atoms with Crippen molar-refractivity contribution in [3.63, 3.8) is 0 Å². The van der Waals surface area contributed by atoms with Gasteiger partial charge in [0.2, 0.25) is 5.91 Å². The van der Waals surface area contributed by atoms with E-state index in [1.54, 1.807) is 41.9 Å². The molecule has 1 aromatic carbocycles. The Hall–Kier alpha value is -2.58. The SMILES string of the molecule is Cc1cc(OC[C@]2(CC(N)=O)CN(C(=O)c3cn(C)nc3C)CCO2)ccc1Cl. The van der Waals surface area contributed by atoms with Crippen molar-refractivity contribution in [1.82, 2.24) is 14.7 Å². The highest BCUT2D eigenvalue weighted by Crippen LogP contribution is 2.27. The van der Waals surface area contributed by atoms with Gasteiger partial charge in [0.25, 0.3) is 5.91 Å². The molecule has 3 rings (SSSR count). The second-order valence-electron chi connectivity index (χ2n) is 7.40. The van der Waals surface area contributed by atoms with E-state index in [1.807, 2.05) is 13.0 Å². The molecule has 0 unspecified atom stereocenters. The van der Waals surface area contributed by atoms with Crippen LogP contribution in [-0.4, -0.2) is 58.4 Å². The molecule has 2 amide bonds. The molecule has 2 heterocycles. The molecule has 2 N–H and O–H groups in total. The Morgan fingerprint density at radius 1 is 1.38 bits per heavy atom. The van der Waals surface area contributed by atoms with E-state index in [0.29, 0.717) is 28.6 Å². The predicted octanol–water partition coefficient (Wildman–Crippen LogP) is 1.86. The highest BCUT2D eigenvalue weighted by atomic mass is 35.5. The Bertz CT molecular complexity index is 929. The maximum absolute atomic E-state index is 13.0. The standard InChI is InChI=1S/C20H25ClN4O4/c1-13-8-15(4-5-17(13)21)28-12-20(9-18(22)26)11-25(6-7-29-20)19(27)16-10-24(3)23-14(16)2/h4-5,8,10H,6-7,9,11-12H2,1-3H3,(H2,22,26)/t20-/m0/s1. The summed E-state index contributed by atoms with van der Waals surface area (Å²) in [7, 11) is 1.77. The van der Waals surface area contributed by atoms with E-state index >= 15 is 0 Å². The molecule has 0 radical (unpaired) electrons. The summed E-state index contributed by atoms with van der Waals surface area (Å²) in [5.74, 6) is -0.0753. The van der Waals surface area contributed by atoms with E-state index in [1.165, 1.54) is 0 Å². The molecule has 0 bridgehead atoms. The van der Waals surface area contributed by atoms with Crippen molar-refractivity contribution in [2.75, 3.05) is 26.3 Å². The molecule has 1 aliphatic rings. The summed E-state index contributed by atoms with van der Waals surface area (Å²) in [5.41, 5.74) is 6.50. The molecule has 8 nitrogen and oxygen atoms in total. The number of carbonyl (C=O) groups excluding carboxylic acids is 2. The molecule has 1 aliphatic heterocycles. The molecule has 9 heteroatoms. The van der Waals surface area contributed by atoms with E-state index in [-0.39, 0.29) is 32.1 Å². The van der Waals surface area contributed by atoms with E-state index < -0.39 is 11.5 Å². The van der Waals surface area contributed by atoms with Crippen LogP contribution >= 0.6 is 11.6 Å². The number of primary amides is 1. The van der Waals surface area contributed by atoms with Crippen LogP contribution in [0.25, 0.3) is 0 Å². The van der Waals surface area contributed by atoms with Crippen LogP contribution in [0, 0.1) is 13.8 Å². The van der Waals surface area contributed by atoms with Crippen LogP contribution < -0.4 is 10.5 Å². The number of morpholine rings is 1. The third kappa shape index (κ3) is 4.89. The Labute approximate surface area is 174 Å². The number of hydrogen-bond donors (Lipinski definition) is 1. The first-order valence-electron chi connectivity index (χ1n) is 9.30. The van der Waals surface area contributed by atoms with Crippen molar-refractivity contribution in [2.45, 2.75) is 25.9 Å². The van der Waals surface area contributed by atoms with Crippen LogP contribution in [0.4, 0.5) is 0 Å². The van der Waals surface area contributed by atoms with Crippen LogP contribution in [0.1, 0.15) is 28.0 Å². The molecule has 1 fully saturated rings. The molecule has 0 saturated carbocycles. The first-order chi connectivity index (χ1) is 13.7. The lowest BCUT2D eigenvalue weighted by Gasteiger charge is -2.41. The third-order valence-corrected chi connectivity index (χ3v) is 5.33. The Morgan fingerprint density at radius 2 is 2.14 bits per heavy atom. The summed E-state index contributed by atoms with van der Waals surface area (Å²) in [6, 6.07) is 5.30. The monoisotopic (exact) mass is 420 g/mol. The summed E-state index contributed by atoms with van der Waals surface area (Å²) < 4.78 is 13.4. The fraction of sp³-hybridized carbons (Fsp3) is 0.450. The van der Waals surface area contributed by atoms with Gasteiger partial charge in [-0.2, -0.15) is 5.10 Å². The van der Waals surface area contributed by atoms with Crippen molar-refractivity contribution in [3.8, 4) is 5.75 Å². The number of nitrogens with two attached hydrogens (primary N) is 1. The van der Waals surface area contributed by atoms with Gasteiger partial charge in [0, 0.05) is 24.8 Å². The Kier molecular flexibility index (Phi) is 6.14. The third-order valence-electron chi connectivity index (χ3n) is 4.91. The highest BCUT2D eigenvalue weighted by molar-refractivity contribution is 6.31. The fourth-order valence-electron chi connectivity index (χ4n) is 3.48. The van der Waals surface area contributed by atoms with Crippen molar-refractivity contribution in [1.29, 1.82) is 0 Å².